The smallest absolute Gasteiger partial charge is 0.240 e. The van der Waals surface area contributed by atoms with E-state index in [1.807, 2.05) is 6.92 Å². The first-order chi connectivity index (χ1) is 5.41. The number of carbonyl (C=O) groups excluding carboxylic acids is 1. The predicted octanol–water partition coefficient (Wildman–Crippen LogP) is 0.252. The lowest BCUT2D eigenvalue weighted by Gasteiger charge is -2.20. The van der Waals surface area contributed by atoms with Gasteiger partial charge in [0, 0.05) is 0 Å². The van der Waals surface area contributed by atoms with E-state index >= 15 is 0 Å². The molecule has 1 unspecified atom stereocenters. The number of rotatable bonds is 3. The van der Waals surface area contributed by atoms with E-state index in [1.165, 1.54) is 0 Å². The van der Waals surface area contributed by atoms with Gasteiger partial charge in [-0.3, -0.25) is 4.79 Å². The van der Waals surface area contributed by atoms with Gasteiger partial charge in [-0.25, -0.2) is 0 Å². The molecule has 3 heteroatoms. The standard InChI is InChI=1S/C9H16N2O/c1-5-7(6-2)11-8(12)9(3,4)10/h1,7H,6,10H2,2-4H3,(H,11,12). The van der Waals surface area contributed by atoms with Crippen LogP contribution in [0.15, 0.2) is 0 Å². The Balaban J connectivity index is 4.11. The topological polar surface area (TPSA) is 55.1 Å². The Morgan fingerprint density at radius 3 is 2.50 bits per heavy atom. The van der Waals surface area contributed by atoms with Gasteiger partial charge < -0.3 is 11.1 Å². The zero-order valence-corrected chi connectivity index (χ0v) is 7.85. The molecule has 0 radical (unpaired) electrons. The average Bonchev–Trinajstić information content (AvgIpc) is 1.97. The number of nitrogens with one attached hydrogen (secondary N) is 1. The molecule has 0 rings (SSSR count). The third-order valence-corrected chi connectivity index (χ3v) is 1.50. The van der Waals surface area contributed by atoms with Gasteiger partial charge in [0.05, 0.1) is 11.6 Å². The van der Waals surface area contributed by atoms with Crippen LogP contribution < -0.4 is 11.1 Å². The highest BCUT2D eigenvalue weighted by Crippen LogP contribution is 1.98. The summed E-state index contributed by atoms with van der Waals surface area (Å²) in [6.07, 6.45) is 5.89. The normalized spacial score (nSPS) is 13.2. The number of carbonyl (C=O) groups is 1. The fourth-order valence-corrected chi connectivity index (χ4v) is 0.606. The Morgan fingerprint density at radius 2 is 2.25 bits per heavy atom. The number of nitrogens with two attached hydrogens (primary N) is 1. The summed E-state index contributed by atoms with van der Waals surface area (Å²) in [5.41, 5.74) is 4.70. The van der Waals surface area contributed by atoms with Crippen molar-refractivity contribution in [2.24, 2.45) is 5.73 Å². The quantitative estimate of drug-likeness (QED) is 0.594. The first kappa shape index (κ1) is 11.0. The molecular formula is C9H16N2O. The summed E-state index contributed by atoms with van der Waals surface area (Å²) >= 11 is 0. The van der Waals surface area contributed by atoms with Crippen LogP contribution in [0.4, 0.5) is 0 Å². The van der Waals surface area contributed by atoms with Gasteiger partial charge in [0.15, 0.2) is 0 Å². The molecule has 0 bridgehead atoms. The van der Waals surface area contributed by atoms with Crippen LogP contribution in [0.5, 0.6) is 0 Å². The van der Waals surface area contributed by atoms with Gasteiger partial charge >= 0.3 is 0 Å². The Morgan fingerprint density at radius 1 is 1.75 bits per heavy atom. The number of amides is 1. The summed E-state index contributed by atoms with van der Waals surface area (Å²) in [5.74, 6) is 2.25. The Hall–Kier alpha value is -1.01. The Bertz CT molecular complexity index is 198. The molecule has 0 aliphatic rings. The van der Waals surface area contributed by atoms with E-state index in [0.717, 1.165) is 6.42 Å². The zero-order valence-electron chi connectivity index (χ0n) is 7.85. The first-order valence-electron chi connectivity index (χ1n) is 3.97. The molecule has 1 atom stereocenters. The van der Waals surface area contributed by atoms with Crippen LogP contribution in [-0.4, -0.2) is 17.5 Å². The second kappa shape index (κ2) is 4.13. The molecule has 0 aliphatic heterocycles. The van der Waals surface area contributed by atoms with Gasteiger partial charge in [-0.2, -0.15) is 0 Å². The van der Waals surface area contributed by atoms with Crippen molar-refractivity contribution in [1.82, 2.24) is 5.32 Å². The number of terminal acetylenes is 1. The highest BCUT2D eigenvalue weighted by molar-refractivity contribution is 5.85. The van der Waals surface area contributed by atoms with Crippen molar-refractivity contribution in [1.29, 1.82) is 0 Å². The minimum absolute atomic E-state index is 0.208. The second-order valence-electron chi connectivity index (χ2n) is 3.32. The molecule has 68 valence electrons. The van der Waals surface area contributed by atoms with Crippen molar-refractivity contribution in [2.45, 2.75) is 38.8 Å². The average molecular weight is 168 g/mol. The molecule has 0 spiro atoms. The van der Waals surface area contributed by atoms with Crippen LogP contribution in [-0.2, 0) is 4.79 Å². The van der Waals surface area contributed by atoms with E-state index in [1.54, 1.807) is 13.8 Å². The summed E-state index contributed by atoms with van der Waals surface area (Å²) in [5, 5.41) is 2.66. The van der Waals surface area contributed by atoms with E-state index in [2.05, 4.69) is 11.2 Å². The van der Waals surface area contributed by atoms with Gasteiger partial charge in [0.1, 0.15) is 0 Å². The number of hydrogen-bond acceptors (Lipinski definition) is 2. The molecule has 12 heavy (non-hydrogen) atoms. The van der Waals surface area contributed by atoms with Gasteiger partial charge in [0.25, 0.3) is 0 Å². The van der Waals surface area contributed by atoms with E-state index in [9.17, 15) is 4.79 Å². The summed E-state index contributed by atoms with van der Waals surface area (Å²) in [4.78, 5) is 11.3. The maximum absolute atomic E-state index is 11.3. The lowest BCUT2D eigenvalue weighted by molar-refractivity contribution is -0.125. The molecule has 3 N–H and O–H groups in total. The van der Waals surface area contributed by atoms with E-state index in [-0.39, 0.29) is 11.9 Å². The van der Waals surface area contributed by atoms with E-state index in [4.69, 9.17) is 12.2 Å². The summed E-state index contributed by atoms with van der Waals surface area (Å²) in [6.45, 7) is 5.20. The van der Waals surface area contributed by atoms with Crippen LogP contribution in [0.2, 0.25) is 0 Å². The molecule has 0 aromatic rings. The summed E-state index contributed by atoms with van der Waals surface area (Å²) < 4.78 is 0. The van der Waals surface area contributed by atoms with Crippen molar-refractivity contribution < 1.29 is 4.79 Å². The molecule has 0 saturated carbocycles. The van der Waals surface area contributed by atoms with Gasteiger partial charge in [-0.05, 0) is 20.3 Å². The molecule has 0 heterocycles. The second-order valence-corrected chi connectivity index (χ2v) is 3.32. The van der Waals surface area contributed by atoms with Crippen LogP contribution in [0.3, 0.4) is 0 Å². The van der Waals surface area contributed by atoms with Crippen molar-refractivity contribution in [2.75, 3.05) is 0 Å². The van der Waals surface area contributed by atoms with Crippen molar-refractivity contribution in [3.05, 3.63) is 0 Å². The monoisotopic (exact) mass is 168 g/mol. The van der Waals surface area contributed by atoms with Crippen LogP contribution >= 0.6 is 0 Å². The van der Waals surface area contributed by atoms with Crippen LogP contribution in [0.1, 0.15) is 27.2 Å². The fraction of sp³-hybridized carbons (Fsp3) is 0.667. The largest absolute Gasteiger partial charge is 0.341 e. The summed E-state index contributed by atoms with van der Waals surface area (Å²) in [6, 6.07) is -0.208. The third-order valence-electron chi connectivity index (χ3n) is 1.50. The molecule has 1 amide bonds. The third kappa shape index (κ3) is 3.40. The zero-order chi connectivity index (χ0) is 9.78. The van der Waals surface area contributed by atoms with Crippen molar-refractivity contribution >= 4 is 5.91 Å². The Kier molecular flexibility index (Phi) is 3.78. The molecule has 3 nitrogen and oxygen atoms in total. The van der Waals surface area contributed by atoms with Crippen LogP contribution in [0.25, 0.3) is 0 Å². The predicted molar refractivity (Wildman–Crippen MR) is 49.3 cm³/mol. The maximum Gasteiger partial charge on any atom is 0.240 e. The van der Waals surface area contributed by atoms with Gasteiger partial charge in [-0.1, -0.05) is 12.8 Å². The molecular weight excluding hydrogens is 152 g/mol. The minimum atomic E-state index is -0.857. The van der Waals surface area contributed by atoms with Gasteiger partial charge in [0.2, 0.25) is 5.91 Å². The lowest BCUT2D eigenvalue weighted by Crippen LogP contribution is -2.51. The minimum Gasteiger partial charge on any atom is -0.341 e. The molecule has 0 saturated heterocycles. The van der Waals surface area contributed by atoms with E-state index < -0.39 is 5.54 Å². The molecule has 0 aromatic heterocycles. The van der Waals surface area contributed by atoms with Crippen LogP contribution in [0, 0.1) is 12.3 Å². The SMILES string of the molecule is C#CC(CC)NC(=O)C(C)(C)N. The number of hydrogen-bond donors (Lipinski definition) is 2. The molecule has 0 fully saturated rings. The van der Waals surface area contributed by atoms with Crippen molar-refractivity contribution in [3.8, 4) is 12.3 Å². The summed E-state index contributed by atoms with van der Waals surface area (Å²) in [7, 11) is 0. The first-order valence-corrected chi connectivity index (χ1v) is 3.97. The fourth-order valence-electron chi connectivity index (χ4n) is 0.606. The molecule has 0 aliphatic carbocycles. The highest BCUT2D eigenvalue weighted by Gasteiger charge is 2.22. The maximum atomic E-state index is 11.3. The Labute approximate surface area is 73.7 Å². The molecule has 0 aromatic carbocycles. The van der Waals surface area contributed by atoms with Gasteiger partial charge in [-0.15, -0.1) is 6.42 Å². The highest BCUT2D eigenvalue weighted by atomic mass is 16.2. The van der Waals surface area contributed by atoms with Crippen molar-refractivity contribution in [3.63, 3.8) is 0 Å². The van der Waals surface area contributed by atoms with E-state index in [0.29, 0.717) is 0 Å². The lowest BCUT2D eigenvalue weighted by atomic mass is 10.1.